The first kappa shape index (κ1) is 29.9. The molecule has 34 heavy (non-hydrogen) atoms. The molecule has 0 fully saturated rings. The van der Waals surface area contributed by atoms with Crippen LogP contribution in [-0.4, -0.2) is 15.6 Å². The fourth-order valence-electron chi connectivity index (χ4n) is 4.81. The summed E-state index contributed by atoms with van der Waals surface area (Å²) in [5.41, 5.74) is 8.73. The Morgan fingerprint density at radius 2 is 1.74 bits per heavy atom. The summed E-state index contributed by atoms with van der Waals surface area (Å²) in [7, 11) is 0. The van der Waals surface area contributed by atoms with Gasteiger partial charge in [0.25, 0.3) is 0 Å². The largest absolute Gasteiger partial charge is 0.293 e. The van der Waals surface area contributed by atoms with E-state index in [1.807, 2.05) is 25.5 Å². The van der Waals surface area contributed by atoms with Gasteiger partial charge in [-0.05, 0) is 81.9 Å². The standard InChI is InChI=1S/C16H26.C13H18N2O.C2H6/c1-5-7-11-15(9-6-2)16-12-8-10-13(3)14(16)4;1-9(2)8-15-12-7-5-4-6-11(12)13(14-15)10(3)16;1-2/h8,10,12,15H,5-7,9,11H2,1-4H3;1,4-8H2,2-3H3;1-2H3. The van der Waals surface area contributed by atoms with Crippen LogP contribution in [0.2, 0.25) is 0 Å². The molecule has 0 aliphatic heterocycles. The number of fused-ring (bicyclic) bond motifs is 1. The Morgan fingerprint density at radius 1 is 1.06 bits per heavy atom. The van der Waals surface area contributed by atoms with E-state index in [4.69, 9.17) is 0 Å². The van der Waals surface area contributed by atoms with Crippen molar-refractivity contribution < 1.29 is 4.79 Å². The third kappa shape index (κ3) is 8.56. The zero-order valence-corrected chi connectivity index (χ0v) is 23.4. The molecule has 0 saturated carbocycles. The van der Waals surface area contributed by atoms with Gasteiger partial charge >= 0.3 is 0 Å². The highest BCUT2D eigenvalue weighted by atomic mass is 16.1. The molecule has 1 aliphatic carbocycles. The van der Waals surface area contributed by atoms with Gasteiger partial charge in [0.15, 0.2) is 5.78 Å². The zero-order chi connectivity index (χ0) is 25.7. The van der Waals surface area contributed by atoms with Crippen LogP contribution in [0, 0.1) is 13.8 Å². The van der Waals surface area contributed by atoms with Gasteiger partial charge in [0, 0.05) is 18.2 Å². The first-order chi connectivity index (χ1) is 16.3. The summed E-state index contributed by atoms with van der Waals surface area (Å²) in [5.74, 6) is 0.864. The molecule has 1 aromatic carbocycles. The van der Waals surface area contributed by atoms with E-state index in [0.717, 1.165) is 30.9 Å². The second-order valence-electron chi connectivity index (χ2n) is 9.57. The fraction of sp³-hybridized carbons (Fsp3) is 0.613. The number of carbonyl (C=O) groups is 1. The Kier molecular flexibility index (Phi) is 13.8. The molecule has 0 saturated heterocycles. The molecule has 3 heteroatoms. The van der Waals surface area contributed by atoms with Crippen molar-refractivity contribution in [3.8, 4) is 0 Å². The molecule has 0 N–H and O–H groups in total. The number of Topliss-reactive ketones (excluding diaryl/α,β-unsaturated/α-hetero) is 1. The average Bonchev–Trinajstić information content (AvgIpc) is 3.19. The Morgan fingerprint density at radius 3 is 2.32 bits per heavy atom. The lowest BCUT2D eigenvalue weighted by Crippen LogP contribution is -2.09. The molecule has 1 unspecified atom stereocenters. The summed E-state index contributed by atoms with van der Waals surface area (Å²) in [4.78, 5) is 11.5. The van der Waals surface area contributed by atoms with Crippen LogP contribution in [0.4, 0.5) is 0 Å². The lowest BCUT2D eigenvalue weighted by Gasteiger charge is -2.19. The normalized spacial score (nSPS) is 13.1. The quantitative estimate of drug-likeness (QED) is 0.273. The van der Waals surface area contributed by atoms with Gasteiger partial charge in [0.1, 0.15) is 5.69 Å². The highest BCUT2D eigenvalue weighted by Crippen LogP contribution is 2.30. The summed E-state index contributed by atoms with van der Waals surface area (Å²) in [5, 5.41) is 4.44. The summed E-state index contributed by atoms with van der Waals surface area (Å²) >= 11 is 0. The third-order valence-electron chi connectivity index (χ3n) is 6.64. The van der Waals surface area contributed by atoms with E-state index < -0.39 is 0 Å². The van der Waals surface area contributed by atoms with Crippen molar-refractivity contribution >= 4 is 5.78 Å². The maximum absolute atomic E-state index is 11.5. The van der Waals surface area contributed by atoms with Crippen LogP contribution < -0.4 is 0 Å². The molecule has 3 nitrogen and oxygen atoms in total. The monoisotopic (exact) mass is 466 g/mol. The molecule has 2 aromatic rings. The topological polar surface area (TPSA) is 34.9 Å². The van der Waals surface area contributed by atoms with Crippen molar-refractivity contribution in [2.45, 2.75) is 126 Å². The summed E-state index contributed by atoms with van der Waals surface area (Å²) < 4.78 is 1.97. The maximum atomic E-state index is 11.5. The van der Waals surface area contributed by atoms with Crippen LogP contribution in [0.3, 0.4) is 0 Å². The van der Waals surface area contributed by atoms with Gasteiger partial charge in [-0.3, -0.25) is 9.48 Å². The fourth-order valence-corrected chi connectivity index (χ4v) is 4.81. The van der Waals surface area contributed by atoms with Crippen LogP contribution in [-0.2, 0) is 19.4 Å². The number of benzene rings is 1. The summed E-state index contributed by atoms with van der Waals surface area (Å²) in [6.45, 7) is 21.3. The van der Waals surface area contributed by atoms with E-state index in [0.29, 0.717) is 5.69 Å². The van der Waals surface area contributed by atoms with E-state index in [9.17, 15) is 4.79 Å². The van der Waals surface area contributed by atoms with Crippen molar-refractivity contribution in [2.75, 3.05) is 0 Å². The van der Waals surface area contributed by atoms with Crippen LogP contribution in [0.5, 0.6) is 0 Å². The highest BCUT2D eigenvalue weighted by molar-refractivity contribution is 5.93. The van der Waals surface area contributed by atoms with Crippen LogP contribution in [0.1, 0.15) is 131 Å². The number of aromatic nitrogens is 2. The van der Waals surface area contributed by atoms with Crippen LogP contribution in [0.25, 0.3) is 0 Å². The van der Waals surface area contributed by atoms with E-state index in [2.05, 4.69) is 57.6 Å². The zero-order valence-electron chi connectivity index (χ0n) is 23.4. The molecular formula is C31H50N2O. The van der Waals surface area contributed by atoms with Crippen molar-refractivity contribution in [2.24, 2.45) is 0 Å². The number of aryl methyl sites for hydroxylation is 1. The Hall–Kier alpha value is -2.16. The molecule has 0 bridgehead atoms. The lowest BCUT2D eigenvalue weighted by atomic mass is 9.86. The predicted octanol–water partition coefficient (Wildman–Crippen LogP) is 8.94. The van der Waals surface area contributed by atoms with Crippen LogP contribution >= 0.6 is 0 Å². The van der Waals surface area contributed by atoms with E-state index in [1.165, 1.54) is 67.3 Å². The number of hydrogen-bond acceptors (Lipinski definition) is 2. The van der Waals surface area contributed by atoms with Crippen molar-refractivity contribution in [1.29, 1.82) is 0 Å². The van der Waals surface area contributed by atoms with Gasteiger partial charge in [-0.1, -0.05) is 77.3 Å². The molecule has 0 radical (unpaired) electrons. The number of rotatable bonds is 9. The first-order valence-electron chi connectivity index (χ1n) is 13.6. The van der Waals surface area contributed by atoms with E-state index >= 15 is 0 Å². The van der Waals surface area contributed by atoms with Crippen LogP contribution in [0.15, 0.2) is 30.4 Å². The molecular weight excluding hydrogens is 416 g/mol. The minimum atomic E-state index is 0.0821. The predicted molar refractivity (Wildman–Crippen MR) is 148 cm³/mol. The molecule has 1 aromatic heterocycles. The first-order valence-corrected chi connectivity index (χ1v) is 13.6. The van der Waals surface area contributed by atoms with Gasteiger partial charge in [-0.15, -0.1) is 0 Å². The summed E-state index contributed by atoms with van der Waals surface area (Å²) in [6.07, 6.45) is 11.1. The van der Waals surface area contributed by atoms with Crippen molar-refractivity contribution in [3.63, 3.8) is 0 Å². The van der Waals surface area contributed by atoms with E-state index in [-0.39, 0.29) is 5.78 Å². The van der Waals surface area contributed by atoms with Crippen molar-refractivity contribution in [3.05, 3.63) is 64.0 Å². The van der Waals surface area contributed by atoms with Gasteiger partial charge in [-0.25, -0.2) is 0 Å². The summed E-state index contributed by atoms with van der Waals surface area (Å²) in [6, 6.07) is 6.77. The Balaban J connectivity index is 0.000000317. The molecule has 1 atom stereocenters. The number of carbonyl (C=O) groups excluding carboxylic acids is 1. The minimum absolute atomic E-state index is 0.0821. The highest BCUT2D eigenvalue weighted by Gasteiger charge is 2.22. The van der Waals surface area contributed by atoms with Gasteiger partial charge in [-0.2, -0.15) is 5.10 Å². The number of hydrogen-bond donors (Lipinski definition) is 0. The lowest BCUT2D eigenvalue weighted by molar-refractivity contribution is 0.101. The Bertz CT molecular complexity index is 906. The third-order valence-corrected chi connectivity index (χ3v) is 6.64. The maximum Gasteiger partial charge on any atom is 0.180 e. The number of nitrogens with zero attached hydrogens (tertiary/aromatic N) is 2. The molecule has 0 spiro atoms. The molecule has 1 heterocycles. The average molecular weight is 467 g/mol. The number of unbranched alkanes of at least 4 members (excludes halogenated alkanes) is 1. The number of allylic oxidation sites excluding steroid dienone is 1. The number of ketones is 1. The second kappa shape index (κ2) is 15.7. The molecule has 1 aliphatic rings. The molecule has 3 rings (SSSR count). The Labute approximate surface area is 210 Å². The van der Waals surface area contributed by atoms with Gasteiger partial charge < -0.3 is 0 Å². The SMILES string of the molecule is C=C(C)Cn1nc(C(C)=O)c2c1CCCC2.CC.CCCCC(CCC)c1cccc(C)c1C. The van der Waals surface area contributed by atoms with Gasteiger partial charge in [0.05, 0.1) is 6.54 Å². The molecule has 190 valence electrons. The smallest absolute Gasteiger partial charge is 0.180 e. The second-order valence-corrected chi connectivity index (χ2v) is 9.57. The van der Waals surface area contributed by atoms with Crippen molar-refractivity contribution in [1.82, 2.24) is 9.78 Å². The minimum Gasteiger partial charge on any atom is -0.293 e. The van der Waals surface area contributed by atoms with Gasteiger partial charge in [0.2, 0.25) is 0 Å². The molecule has 0 amide bonds. The van der Waals surface area contributed by atoms with E-state index in [1.54, 1.807) is 12.5 Å².